The Morgan fingerprint density at radius 1 is 1.50 bits per heavy atom. The molecule has 1 heterocycles. The molecule has 1 unspecified atom stereocenters. The molecular formula is C10H24N2+2. The second-order valence-electron chi connectivity index (χ2n) is 4.42. The van der Waals surface area contributed by atoms with Crippen LogP contribution in [0.2, 0.25) is 0 Å². The highest BCUT2D eigenvalue weighted by atomic mass is 15.2. The van der Waals surface area contributed by atoms with Crippen LogP contribution in [0, 0.1) is 5.92 Å². The zero-order chi connectivity index (χ0) is 8.97. The topological polar surface area (TPSA) is 21.1 Å². The van der Waals surface area contributed by atoms with Gasteiger partial charge in [-0.05, 0) is 26.7 Å². The molecule has 0 amide bonds. The maximum Gasteiger partial charge on any atom is 0.0856 e. The van der Waals surface area contributed by atoms with E-state index in [0.717, 1.165) is 12.0 Å². The van der Waals surface area contributed by atoms with Gasteiger partial charge in [-0.15, -0.1) is 0 Å². The van der Waals surface area contributed by atoms with E-state index in [2.05, 4.69) is 26.2 Å². The van der Waals surface area contributed by atoms with Gasteiger partial charge in [-0.1, -0.05) is 0 Å². The van der Waals surface area contributed by atoms with Crippen LogP contribution in [0.3, 0.4) is 0 Å². The summed E-state index contributed by atoms with van der Waals surface area (Å²) in [4.78, 5) is 1.81. The zero-order valence-electron chi connectivity index (χ0n) is 8.77. The van der Waals surface area contributed by atoms with Gasteiger partial charge in [0.2, 0.25) is 0 Å². The van der Waals surface area contributed by atoms with Crippen molar-refractivity contribution in [2.24, 2.45) is 5.92 Å². The molecule has 12 heavy (non-hydrogen) atoms. The zero-order valence-corrected chi connectivity index (χ0v) is 8.77. The molecule has 2 heteroatoms. The number of nitrogens with one attached hydrogen (secondary N) is 1. The van der Waals surface area contributed by atoms with Gasteiger partial charge in [-0.25, -0.2) is 0 Å². The lowest BCUT2D eigenvalue weighted by Crippen LogP contribution is -3.16. The predicted molar refractivity (Wildman–Crippen MR) is 51.3 cm³/mol. The number of piperidine rings is 1. The van der Waals surface area contributed by atoms with Crippen LogP contribution in [0.1, 0.15) is 26.7 Å². The first-order chi connectivity index (χ1) is 5.74. The molecule has 0 radical (unpaired) electrons. The second kappa shape index (κ2) is 4.83. The fourth-order valence-electron chi connectivity index (χ4n) is 2.25. The molecule has 72 valence electrons. The third-order valence-electron chi connectivity index (χ3n) is 3.05. The van der Waals surface area contributed by atoms with Crippen LogP contribution >= 0.6 is 0 Å². The van der Waals surface area contributed by atoms with E-state index in [0.29, 0.717) is 0 Å². The van der Waals surface area contributed by atoms with Crippen LogP contribution in [0.15, 0.2) is 0 Å². The number of quaternary nitrogens is 2. The van der Waals surface area contributed by atoms with Crippen LogP contribution in [0.5, 0.6) is 0 Å². The Morgan fingerprint density at radius 3 is 2.83 bits per heavy atom. The summed E-state index contributed by atoms with van der Waals surface area (Å²) in [5, 5.41) is 2.33. The first-order valence-electron chi connectivity index (χ1n) is 5.36. The average molecular weight is 172 g/mol. The molecule has 0 saturated carbocycles. The summed E-state index contributed by atoms with van der Waals surface area (Å²) in [7, 11) is 2.18. The summed E-state index contributed by atoms with van der Waals surface area (Å²) in [6.45, 7) is 8.82. The van der Waals surface area contributed by atoms with Crippen LogP contribution in [0.25, 0.3) is 0 Å². The minimum absolute atomic E-state index is 0.824. The molecule has 1 aliphatic heterocycles. The monoisotopic (exact) mass is 172 g/mol. The predicted octanol–water partition coefficient (Wildman–Crippen LogP) is -1.12. The van der Waals surface area contributed by atoms with E-state index < -0.39 is 0 Å². The van der Waals surface area contributed by atoms with E-state index in [1.807, 2.05) is 4.90 Å². The average Bonchev–Trinajstić information content (AvgIpc) is 2.05. The smallest absolute Gasteiger partial charge is 0.0856 e. The van der Waals surface area contributed by atoms with Crippen molar-refractivity contribution in [1.29, 1.82) is 0 Å². The van der Waals surface area contributed by atoms with E-state index in [9.17, 15) is 0 Å². The first-order valence-corrected chi connectivity index (χ1v) is 5.36. The van der Waals surface area contributed by atoms with E-state index in [1.54, 1.807) is 0 Å². The number of nitrogens with two attached hydrogens (primary N) is 1. The normalized spacial score (nSPS) is 31.0. The lowest BCUT2D eigenvalue weighted by atomic mass is 9.97. The molecule has 1 saturated heterocycles. The van der Waals surface area contributed by atoms with Crippen molar-refractivity contribution < 1.29 is 10.2 Å². The molecule has 0 aliphatic carbocycles. The molecule has 3 N–H and O–H groups in total. The molecule has 0 spiro atoms. The molecule has 0 aromatic heterocycles. The van der Waals surface area contributed by atoms with Gasteiger partial charge >= 0.3 is 0 Å². The third-order valence-corrected chi connectivity index (χ3v) is 3.05. The van der Waals surface area contributed by atoms with Crippen molar-refractivity contribution in [2.75, 3.05) is 26.7 Å². The molecular weight excluding hydrogens is 148 g/mol. The quantitative estimate of drug-likeness (QED) is 0.538. The summed E-state index contributed by atoms with van der Waals surface area (Å²) >= 11 is 0. The standard InChI is InChI=1S/C10H22N2/c1-9(2)12-6-4-5-10(8-12)7-11-3/h9-11H,4-8H2,1-3H3/p+2/t10-/m1/s1. The van der Waals surface area contributed by atoms with Crippen molar-refractivity contribution in [3.63, 3.8) is 0 Å². The van der Waals surface area contributed by atoms with Gasteiger partial charge in [-0.3, -0.25) is 0 Å². The third kappa shape index (κ3) is 2.76. The summed E-state index contributed by atoms with van der Waals surface area (Å²) < 4.78 is 0. The van der Waals surface area contributed by atoms with Gasteiger partial charge in [0.15, 0.2) is 0 Å². The summed E-state index contributed by atoms with van der Waals surface area (Å²) in [6.07, 6.45) is 2.90. The molecule has 0 bridgehead atoms. The minimum Gasteiger partial charge on any atom is -0.348 e. The molecule has 1 aliphatic rings. The van der Waals surface area contributed by atoms with Crippen molar-refractivity contribution in [1.82, 2.24) is 0 Å². The fourth-order valence-corrected chi connectivity index (χ4v) is 2.25. The molecule has 2 nitrogen and oxygen atoms in total. The Balaban J connectivity index is 2.30. The Hall–Kier alpha value is -0.0800. The van der Waals surface area contributed by atoms with Crippen molar-refractivity contribution >= 4 is 0 Å². The lowest BCUT2D eigenvalue weighted by Gasteiger charge is -2.31. The number of rotatable bonds is 3. The maximum atomic E-state index is 2.34. The lowest BCUT2D eigenvalue weighted by molar-refractivity contribution is -0.931. The van der Waals surface area contributed by atoms with Gasteiger partial charge in [-0.2, -0.15) is 0 Å². The SMILES string of the molecule is C[NH2+]C[C@H]1CCC[NH+](C(C)C)C1. The fraction of sp³-hybridized carbons (Fsp3) is 1.00. The van der Waals surface area contributed by atoms with E-state index >= 15 is 0 Å². The van der Waals surface area contributed by atoms with E-state index in [1.165, 1.54) is 32.5 Å². The molecule has 0 aromatic carbocycles. The van der Waals surface area contributed by atoms with Crippen LogP contribution < -0.4 is 10.2 Å². The first kappa shape index (κ1) is 10.0. The number of hydrogen-bond donors (Lipinski definition) is 2. The molecule has 1 rings (SSSR count). The van der Waals surface area contributed by atoms with Gasteiger partial charge in [0.25, 0.3) is 0 Å². The Morgan fingerprint density at radius 2 is 2.25 bits per heavy atom. The minimum atomic E-state index is 0.824. The van der Waals surface area contributed by atoms with Gasteiger partial charge in [0, 0.05) is 0 Å². The van der Waals surface area contributed by atoms with Crippen molar-refractivity contribution in [3.05, 3.63) is 0 Å². The van der Waals surface area contributed by atoms with Gasteiger partial charge < -0.3 is 10.2 Å². The van der Waals surface area contributed by atoms with Gasteiger partial charge in [0.1, 0.15) is 0 Å². The molecule has 0 aromatic rings. The van der Waals surface area contributed by atoms with Crippen molar-refractivity contribution in [2.45, 2.75) is 32.7 Å². The second-order valence-corrected chi connectivity index (χ2v) is 4.42. The van der Waals surface area contributed by atoms with E-state index in [-0.39, 0.29) is 0 Å². The summed E-state index contributed by atoms with van der Waals surface area (Å²) in [5.41, 5.74) is 0. The van der Waals surface area contributed by atoms with Crippen LogP contribution in [0.4, 0.5) is 0 Å². The number of hydrogen-bond acceptors (Lipinski definition) is 0. The summed E-state index contributed by atoms with van der Waals surface area (Å²) in [6, 6.07) is 0.824. The Bertz CT molecular complexity index is 121. The highest BCUT2D eigenvalue weighted by molar-refractivity contribution is 4.60. The van der Waals surface area contributed by atoms with Crippen LogP contribution in [-0.4, -0.2) is 32.7 Å². The van der Waals surface area contributed by atoms with E-state index in [4.69, 9.17) is 0 Å². The highest BCUT2D eigenvalue weighted by Gasteiger charge is 2.25. The van der Waals surface area contributed by atoms with Crippen molar-refractivity contribution in [3.8, 4) is 0 Å². The molecule has 1 fully saturated rings. The molecule has 2 atom stereocenters. The largest absolute Gasteiger partial charge is 0.348 e. The summed E-state index contributed by atoms with van der Waals surface area (Å²) in [5.74, 6) is 0.973. The Kier molecular flexibility index (Phi) is 4.02. The maximum absolute atomic E-state index is 2.34. The number of likely N-dealkylation sites (tertiary alicyclic amines) is 1. The highest BCUT2D eigenvalue weighted by Crippen LogP contribution is 2.04. The van der Waals surface area contributed by atoms with Gasteiger partial charge in [0.05, 0.1) is 38.6 Å². The Labute approximate surface area is 76.3 Å². The van der Waals surface area contributed by atoms with Crippen LogP contribution in [-0.2, 0) is 0 Å².